The summed E-state index contributed by atoms with van der Waals surface area (Å²) in [5.74, 6) is 5.52. The average Bonchev–Trinajstić information content (AvgIpc) is 2.62. The summed E-state index contributed by atoms with van der Waals surface area (Å²) in [7, 11) is 1.76. The number of H-pyrrole nitrogens is 1. The molecule has 4 N–H and O–H groups in total. The number of hydrogen-bond acceptors (Lipinski definition) is 4. The van der Waals surface area contributed by atoms with Gasteiger partial charge in [-0.2, -0.15) is 4.98 Å². The maximum atomic E-state index is 11.8. The lowest BCUT2D eigenvalue weighted by atomic mass is 10.2. The molecule has 1 amide bonds. The number of nitrogens with zero attached hydrogens (tertiary/aromatic N) is 2. The Morgan fingerprint density at radius 2 is 2.37 bits per heavy atom. The van der Waals surface area contributed by atoms with Crippen LogP contribution in [0.4, 0.5) is 5.95 Å². The SMILES string of the molecule is CC(=O)NCC#Cc1cn(C)c2nc(N)[nH]c(=O)c12. The predicted octanol–water partition coefficient (Wildman–Crippen LogP) is -0.669. The van der Waals surface area contributed by atoms with Crippen LogP contribution in [0.1, 0.15) is 12.5 Å². The minimum atomic E-state index is -0.327. The van der Waals surface area contributed by atoms with Crippen LogP contribution in [0.3, 0.4) is 0 Å². The van der Waals surface area contributed by atoms with E-state index in [1.165, 1.54) is 6.92 Å². The highest BCUT2D eigenvalue weighted by molar-refractivity contribution is 5.83. The van der Waals surface area contributed by atoms with Crippen molar-refractivity contribution < 1.29 is 4.79 Å². The van der Waals surface area contributed by atoms with Gasteiger partial charge in [-0.05, 0) is 0 Å². The van der Waals surface area contributed by atoms with Crippen molar-refractivity contribution in [1.82, 2.24) is 19.9 Å². The first kappa shape index (κ1) is 12.7. The van der Waals surface area contributed by atoms with Crippen molar-refractivity contribution in [3.63, 3.8) is 0 Å². The van der Waals surface area contributed by atoms with Crippen LogP contribution in [0.2, 0.25) is 0 Å². The molecule has 7 nitrogen and oxygen atoms in total. The van der Waals surface area contributed by atoms with Gasteiger partial charge >= 0.3 is 0 Å². The zero-order valence-electron chi connectivity index (χ0n) is 10.6. The van der Waals surface area contributed by atoms with Crippen LogP contribution in [0.25, 0.3) is 11.0 Å². The van der Waals surface area contributed by atoms with Crippen LogP contribution in [0.5, 0.6) is 0 Å². The Morgan fingerprint density at radius 1 is 1.63 bits per heavy atom. The highest BCUT2D eigenvalue weighted by Gasteiger charge is 2.10. The number of nitrogens with two attached hydrogens (primary N) is 1. The highest BCUT2D eigenvalue weighted by atomic mass is 16.1. The van der Waals surface area contributed by atoms with Crippen LogP contribution in [-0.4, -0.2) is 27.0 Å². The van der Waals surface area contributed by atoms with Gasteiger partial charge < -0.3 is 15.6 Å². The number of rotatable bonds is 1. The van der Waals surface area contributed by atoms with Crippen molar-refractivity contribution in [2.45, 2.75) is 6.92 Å². The number of nitrogens with one attached hydrogen (secondary N) is 2. The van der Waals surface area contributed by atoms with Crippen LogP contribution in [0.15, 0.2) is 11.0 Å². The molecule has 0 aromatic carbocycles. The highest BCUT2D eigenvalue weighted by Crippen LogP contribution is 2.13. The second-order valence-electron chi connectivity index (χ2n) is 4.01. The minimum absolute atomic E-state index is 0.0662. The maximum absolute atomic E-state index is 11.8. The summed E-state index contributed by atoms with van der Waals surface area (Å²) in [4.78, 5) is 29.0. The Bertz CT molecular complexity index is 760. The number of aryl methyl sites for hydroxylation is 1. The van der Waals surface area contributed by atoms with Gasteiger partial charge in [-0.1, -0.05) is 11.8 Å². The molecule has 0 bridgehead atoms. The van der Waals surface area contributed by atoms with Crippen molar-refractivity contribution in [2.24, 2.45) is 7.05 Å². The molecule has 2 aromatic heterocycles. The third-order valence-electron chi connectivity index (χ3n) is 2.49. The van der Waals surface area contributed by atoms with Crippen LogP contribution < -0.4 is 16.6 Å². The van der Waals surface area contributed by atoms with Crippen LogP contribution in [0, 0.1) is 11.8 Å². The Labute approximate surface area is 108 Å². The number of nitrogen functional groups attached to an aromatic ring is 1. The molecule has 0 saturated heterocycles. The average molecular weight is 259 g/mol. The molecule has 2 heterocycles. The number of anilines is 1. The summed E-state index contributed by atoms with van der Waals surface area (Å²) in [6, 6.07) is 0. The molecule has 0 fully saturated rings. The number of carbonyl (C=O) groups is 1. The fourth-order valence-electron chi connectivity index (χ4n) is 1.70. The summed E-state index contributed by atoms with van der Waals surface area (Å²) in [6.07, 6.45) is 1.70. The molecule has 2 aromatic rings. The lowest BCUT2D eigenvalue weighted by molar-refractivity contribution is -0.118. The largest absolute Gasteiger partial charge is 0.369 e. The molecule has 0 saturated carbocycles. The molecule has 19 heavy (non-hydrogen) atoms. The van der Waals surface area contributed by atoms with Crippen LogP contribution >= 0.6 is 0 Å². The first-order valence-corrected chi connectivity index (χ1v) is 5.57. The Kier molecular flexibility index (Phi) is 3.25. The molecule has 0 radical (unpaired) electrons. The third-order valence-corrected chi connectivity index (χ3v) is 2.49. The maximum Gasteiger partial charge on any atom is 0.263 e. The van der Waals surface area contributed by atoms with Gasteiger partial charge in [0.1, 0.15) is 0 Å². The molecule has 98 valence electrons. The Hall–Kier alpha value is -2.75. The molecule has 0 unspecified atom stereocenters. The Balaban J connectivity index is 2.45. The normalized spacial score (nSPS) is 10.0. The van der Waals surface area contributed by atoms with Crippen molar-refractivity contribution in [2.75, 3.05) is 12.3 Å². The molecule has 2 rings (SSSR count). The van der Waals surface area contributed by atoms with E-state index in [2.05, 4.69) is 27.1 Å². The van der Waals surface area contributed by atoms with Gasteiger partial charge in [0.2, 0.25) is 11.9 Å². The van der Waals surface area contributed by atoms with Crippen molar-refractivity contribution >= 4 is 22.9 Å². The number of hydrogen-bond donors (Lipinski definition) is 3. The van der Waals surface area contributed by atoms with E-state index in [9.17, 15) is 9.59 Å². The van der Waals surface area contributed by atoms with Gasteiger partial charge in [0, 0.05) is 20.2 Å². The molecule has 7 heteroatoms. The quantitative estimate of drug-likeness (QED) is 0.590. The van der Waals surface area contributed by atoms with Gasteiger partial charge in [0.25, 0.3) is 5.56 Å². The van der Waals surface area contributed by atoms with Gasteiger partial charge in [0.15, 0.2) is 5.65 Å². The first-order valence-electron chi connectivity index (χ1n) is 5.57. The molecular weight excluding hydrogens is 246 g/mol. The monoisotopic (exact) mass is 259 g/mol. The van der Waals surface area contributed by atoms with E-state index in [4.69, 9.17) is 5.73 Å². The van der Waals surface area contributed by atoms with Crippen LogP contribution in [-0.2, 0) is 11.8 Å². The summed E-state index contributed by atoms with van der Waals surface area (Å²) in [6.45, 7) is 1.64. The summed E-state index contributed by atoms with van der Waals surface area (Å²) in [5, 5.41) is 2.95. The van der Waals surface area contributed by atoms with Crippen molar-refractivity contribution in [1.29, 1.82) is 0 Å². The van der Waals surface area contributed by atoms with Crippen molar-refractivity contribution in [3.8, 4) is 11.8 Å². The number of aromatic nitrogens is 3. The molecule has 0 aliphatic rings. The van der Waals surface area contributed by atoms with Crippen molar-refractivity contribution in [3.05, 3.63) is 22.1 Å². The van der Waals surface area contributed by atoms with E-state index in [1.807, 2.05) is 0 Å². The van der Waals surface area contributed by atoms with E-state index in [-0.39, 0.29) is 24.0 Å². The lowest BCUT2D eigenvalue weighted by Crippen LogP contribution is -2.19. The standard InChI is InChI=1S/C12H13N5O2/c1-7(18)14-5-3-4-8-6-17(2)10-9(8)11(19)16-12(13)15-10/h6H,5H2,1-2H3,(H,14,18)(H3,13,15,16,19). The number of aromatic amines is 1. The van der Waals surface area contributed by atoms with E-state index in [0.717, 1.165) is 0 Å². The summed E-state index contributed by atoms with van der Waals surface area (Å²) >= 11 is 0. The van der Waals surface area contributed by atoms with E-state index < -0.39 is 0 Å². The van der Waals surface area contributed by atoms with Gasteiger partial charge in [-0.3, -0.25) is 14.6 Å². The van der Waals surface area contributed by atoms with Gasteiger partial charge in [-0.15, -0.1) is 0 Å². The minimum Gasteiger partial charge on any atom is -0.369 e. The first-order chi connectivity index (χ1) is 8.99. The van der Waals surface area contributed by atoms with Gasteiger partial charge in [-0.25, -0.2) is 0 Å². The molecule has 0 aliphatic carbocycles. The molecule has 0 atom stereocenters. The topological polar surface area (TPSA) is 106 Å². The molecular formula is C12H13N5O2. The number of fused-ring (bicyclic) bond motifs is 1. The summed E-state index contributed by atoms with van der Waals surface area (Å²) < 4.78 is 1.68. The smallest absolute Gasteiger partial charge is 0.263 e. The zero-order valence-corrected chi connectivity index (χ0v) is 10.6. The molecule has 0 aliphatic heterocycles. The Morgan fingerprint density at radius 3 is 3.05 bits per heavy atom. The second-order valence-corrected chi connectivity index (χ2v) is 4.01. The van der Waals surface area contributed by atoms with E-state index in [0.29, 0.717) is 16.6 Å². The third kappa shape index (κ3) is 2.57. The fourth-order valence-corrected chi connectivity index (χ4v) is 1.70. The zero-order chi connectivity index (χ0) is 14.0. The predicted molar refractivity (Wildman–Crippen MR) is 71.3 cm³/mol. The number of amides is 1. The van der Waals surface area contributed by atoms with Gasteiger partial charge in [0.05, 0.1) is 17.5 Å². The summed E-state index contributed by atoms with van der Waals surface area (Å²) in [5.41, 5.74) is 6.20. The van der Waals surface area contributed by atoms with E-state index >= 15 is 0 Å². The molecule has 0 spiro atoms. The number of carbonyl (C=O) groups excluding carboxylic acids is 1. The lowest BCUT2D eigenvalue weighted by Gasteiger charge is -1.95. The second kappa shape index (κ2) is 4.86. The van der Waals surface area contributed by atoms with E-state index in [1.54, 1.807) is 17.8 Å². The fraction of sp³-hybridized carbons (Fsp3) is 0.250.